The zero-order valence-electron chi connectivity index (χ0n) is 7.44. The van der Waals surface area contributed by atoms with Crippen LogP contribution in [0.2, 0.25) is 0 Å². The van der Waals surface area contributed by atoms with E-state index < -0.39 is 0 Å². The van der Waals surface area contributed by atoms with Crippen molar-refractivity contribution < 1.29 is 4.79 Å². The van der Waals surface area contributed by atoms with Gasteiger partial charge in [0.1, 0.15) is 0 Å². The highest BCUT2D eigenvalue weighted by Gasteiger charge is 2.16. The minimum absolute atomic E-state index is 0.0920. The van der Waals surface area contributed by atoms with Crippen LogP contribution in [0.25, 0.3) is 0 Å². The normalized spacial score (nSPS) is 15.3. The van der Waals surface area contributed by atoms with Crippen LogP contribution in [0.5, 0.6) is 0 Å². The topological polar surface area (TPSA) is 29.1 Å². The van der Waals surface area contributed by atoms with Crippen LogP contribution in [-0.2, 0) is 0 Å². The molecule has 0 aliphatic heterocycles. The first-order chi connectivity index (χ1) is 5.61. The number of carbonyl (C=O) groups is 1. The lowest BCUT2D eigenvalue weighted by atomic mass is 10.0. The van der Waals surface area contributed by atoms with E-state index in [0.717, 1.165) is 19.3 Å². The number of nitrogens with one attached hydrogen (secondary N) is 1. The van der Waals surface area contributed by atoms with Gasteiger partial charge in [0.05, 0.1) is 4.95 Å². The van der Waals surface area contributed by atoms with E-state index in [1.807, 2.05) is 0 Å². The highest BCUT2D eigenvalue weighted by Crippen LogP contribution is 2.20. The van der Waals surface area contributed by atoms with Gasteiger partial charge in [0, 0.05) is 15.9 Å². The van der Waals surface area contributed by atoms with Gasteiger partial charge < -0.3 is 5.32 Å². The lowest BCUT2D eigenvalue weighted by Crippen LogP contribution is -2.32. The SMILES string of the molecule is CCCC(CC)C(Br)NC(=O)Br. The molecule has 0 aliphatic carbocycles. The minimum atomic E-state index is -0.154. The molecular formula is C8H15Br2NO. The van der Waals surface area contributed by atoms with Gasteiger partial charge in [-0.05, 0) is 12.3 Å². The van der Waals surface area contributed by atoms with Gasteiger partial charge in [-0.15, -0.1) is 0 Å². The standard InChI is InChI=1S/C8H15Br2NO/c1-3-5-6(4-2)7(9)11-8(10)12/h6-7H,3-5H2,1-2H3,(H,11,12). The van der Waals surface area contributed by atoms with E-state index in [1.54, 1.807) is 0 Å². The smallest absolute Gasteiger partial charge is 0.288 e. The van der Waals surface area contributed by atoms with E-state index in [0.29, 0.717) is 5.92 Å². The second kappa shape index (κ2) is 6.89. The Morgan fingerprint density at radius 2 is 2.08 bits per heavy atom. The Hall–Kier alpha value is 0.430. The van der Waals surface area contributed by atoms with Crippen LogP contribution in [0, 0.1) is 5.92 Å². The lowest BCUT2D eigenvalue weighted by molar-refractivity contribution is 0.258. The van der Waals surface area contributed by atoms with Gasteiger partial charge in [0.2, 0.25) is 0 Å². The van der Waals surface area contributed by atoms with E-state index in [-0.39, 0.29) is 9.77 Å². The van der Waals surface area contributed by atoms with E-state index in [9.17, 15) is 4.79 Å². The van der Waals surface area contributed by atoms with Crippen molar-refractivity contribution in [3.8, 4) is 0 Å². The molecule has 0 heterocycles. The number of alkyl halides is 1. The summed E-state index contributed by atoms with van der Waals surface area (Å²) in [7, 11) is 0. The minimum Gasteiger partial charge on any atom is -0.334 e. The summed E-state index contributed by atoms with van der Waals surface area (Å²) in [6.07, 6.45) is 3.37. The summed E-state index contributed by atoms with van der Waals surface area (Å²) < 4.78 is 0. The number of halogens is 2. The van der Waals surface area contributed by atoms with E-state index in [1.165, 1.54) is 0 Å². The number of hydrogen-bond acceptors (Lipinski definition) is 1. The highest BCUT2D eigenvalue weighted by atomic mass is 79.9. The molecule has 1 N–H and O–H groups in total. The highest BCUT2D eigenvalue weighted by molar-refractivity contribution is 9.18. The van der Waals surface area contributed by atoms with Gasteiger partial charge in [0.15, 0.2) is 0 Å². The average molecular weight is 301 g/mol. The largest absolute Gasteiger partial charge is 0.334 e. The third-order valence-corrected chi connectivity index (χ3v) is 3.05. The molecule has 4 heteroatoms. The number of hydrogen-bond donors (Lipinski definition) is 1. The van der Waals surface area contributed by atoms with Crippen molar-refractivity contribution in [3.63, 3.8) is 0 Å². The molecule has 2 atom stereocenters. The first-order valence-corrected chi connectivity index (χ1v) is 5.92. The Morgan fingerprint density at radius 3 is 2.42 bits per heavy atom. The van der Waals surface area contributed by atoms with Gasteiger partial charge >= 0.3 is 0 Å². The molecule has 2 unspecified atom stereocenters. The maximum absolute atomic E-state index is 10.7. The van der Waals surface area contributed by atoms with Crippen molar-refractivity contribution in [1.82, 2.24) is 5.32 Å². The fraction of sp³-hybridized carbons (Fsp3) is 0.875. The van der Waals surface area contributed by atoms with E-state index in [2.05, 4.69) is 51.0 Å². The van der Waals surface area contributed by atoms with Gasteiger partial charge in [-0.1, -0.05) is 42.6 Å². The van der Waals surface area contributed by atoms with Gasteiger partial charge in [0.25, 0.3) is 4.82 Å². The Morgan fingerprint density at radius 1 is 1.50 bits per heavy atom. The maximum atomic E-state index is 10.7. The molecule has 0 aromatic carbocycles. The van der Waals surface area contributed by atoms with Crippen LogP contribution < -0.4 is 5.32 Å². The molecule has 0 saturated heterocycles. The Kier molecular flexibility index (Phi) is 7.14. The Labute approximate surface area is 90.7 Å². The first kappa shape index (κ1) is 12.4. The van der Waals surface area contributed by atoms with E-state index >= 15 is 0 Å². The average Bonchev–Trinajstić information content (AvgIpc) is 1.98. The molecule has 0 bridgehead atoms. The van der Waals surface area contributed by atoms with Crippen molar-refractivity contribution in [2.75, 3.05) is 0 Å². The zero-order valence-corrected chi connectivity index (χ0v) is 10.6. The van der Waals surface area contributed by atoms with E-state index in [4.69, 9.17) is 0 Å². The summed E-state index contributed by atoms with van der Waals surface area (Å²) in [6, 6.07) is 0. The first-order valence-electron chi connectivity index (χ1n) is 4.21. The van der Waals surface area contributed by atoms with Gasteiger partial charge in [-0.25, -0.2) is 0 Å². The summed E-state index contributed by atoms with van der Waals surface area (Å²) in [5, 5.41) is 2.77. The molecule has 0 aliphatic rings. The maximum Gasteiger partial charge on any atom is 0.288 e. The molecule has 0 spiro atoms. The summed E-state index contributed by atoms with van der Waals surface area (Å²) in [6.45, 7) is 4.29. The molecule has 0 aromatic rings. The van der Waals surface area contributed by atoms with Crippen LogP contribution in [0.4, 0.5) is 4.79 Å². The molecule has 0 saturated carbocycles. The fourth-order valence-electron chi connectivity index (χ4n) is 1.15. The van der Waals surface area contributed by atoms with Crippen LogP contribution in [0.3, 0.4) is 0 Å². The summed E-state index contributed by atoms with van der Waals surface area (Å²) in [5.41, 5.74) is 0. The van der Waals surface area contributed by atoms with Gasteiger partial charge in [-0.3, -0.25) is 4.79 Å². The van der Waals surface area contributed by atoms with Crippen molar-refractivity contribution in [3.05, 3.63) is 0 Å². The molecule has 0 rings (SSSR count). The number of rotatable bonds is 5. The third-order valence-electron chi connectivity index (χ3n) is 1.85. The van der Waals surface area contributed by atoms with Crippen molar-refractivity contribution in [2.45, 2.75) is 38.1 Å². The third kappa shape index (κ3) is 5.14. The quantitative estimate of drug-likeness (QED) is 0.469. The molecule has 0 fully saturated rings. The van der Waals surface area contributed by atoms with Crippen LogP contribution in [0.1, 0.15) is 33.1 Å². The summed E-state index contributed by atoms with van der Waals surface area (Å²) in [5.74, 6) is 0.525. The number of amides is 1. The Bertz CT molecular complexity index is 141. The molecule has 0 radical (unpaired) electrons. The summed E-state index contributed by atoms with van der Waals surface area (Å²) in [4.78, 5) is 10.6. The molecule has 72 valence electrons. The van der Waals surface area contributed by atoms with Crippen molar-refractivity contribution in [1.29, 1.82) is 0 Å². The van der Waals surface area contributed by atoms with Gasteiger partial charge in [-0.2, -0.15) is 0 Å². The second-order valence-corrected chi connectivity index (χ2v) is 4.48. The van der Waals surface area contributed by atoms with Crippen LogP contribution in [-0.4, -0.2) is 9.77 Å². The molecule has 1 amide bonds. The lowest BCUT2D eigenvalue weighted by Gasteiger charge is -2.20. The predicted molar refractivity (Wildman–Crippen MR) is 58.9 cm³/mol. The molecular weight excluding hydrogens is 286 g/mol. The monoisotopic (exact) mass is 299 g/mol. The zero-order chi connectivity index (χ0) is 9.56. The van der Waals surface area contributed by atoms with Crippen LogP contribution >= 0.6 is 31.9 Å². The summed E-state index contributed by atoms with van der Waals surface area (Å²) >= 11 is 6.29. The second-order valence-electron chi connectivity index (χ2n) is 2.78. The van der Waals surface area contributed by atoms with Crippen molar-refractivity contribution in [2.24, 2.45) is 5.92 Å². The van der Waals surface area contributed by atoms with Crippen molar-refractivity contribution >= 4 is 36.7 Å². The predicted octanol–water partition coefficient (Wildman–Crippen LogP) is 3.64. The molecule has 12 heavy (non-hydrogen) atoms. The van der Waals surface area contributed by atoms with Crippen LogP contribution in [0.15, 0.2) is 0 Å². The Balaban J connectivity index is 3.84. The molecule has 0 aromatic heterocycles. The number of carbonyl (C=O) groups excluding carboxylic acids is 1. The molecule has 2 nitrogen and oxygen atoms in total. The fourth-order valence-corrected chi connectivity index (χ4v) is 2.55.